The molecule has 12 heavy (non-hydrogen) atoms. The maximum Gasteiger partial charge on any atom is 0.145 e. The second-order valence-corrected chi connectivity index (χ2v) is 3.29. The van der Waals surface area contributed by atoms with E-state index in [1.165, 1.54) is 6.42 Å². The Labute approximate surface area is 73.6 Å². The van der Waals surface area contributed by atoms with Gasteiger partial charge < -0.3 is 5.73 Å². The van der Waals surface area contributed by atoms with E-state index in [0.29, 0.717) is 11.9 Å². The van der Waals surface area contributed by atoms with Gasteiger partial charge >= 0.3 is 0 Å². The van der Waals surface area contributed by atoms with Gasteiger partial charge in [0.25, 0.3) is 0 Å². The number of rotatable bonds is 3. The molecule has 0 fully saturated rings. The average molecular weight is 167 g/mol. The van der Waals surface area contributed by atoms with Crippen molar-refractivity contribution >= 4 is 5.82 Å². The van der Waals surface area contributed by atoms with Crippen LogP contribution in [-0.4, -0.2) is 9.78 Å². The molecule has 0 aliphatic heterocycles. The Hall–Kier alpha value is -0.990. The summed E-state index contributed by atoms with van der Waals surface area (Å²) < 4.78 is 2.00. The first-order valence-corrected chi connectivity index (χ1v) is 4.46. The molecular weight excluding hydrogens is 150 g/mol. The van der Waals surface area contributed by atoms with Gasteiger partial charge in [-0.2, -0.15) is 5.10 Å². The summed E-state index contributed by atoms with van der Waals surface area (Å²) in [6, 6.07) is 2.37. The second-order valence-electron chi connectivity index (χ2n) is 3.29. The Morgan fingerprint density at radius 3 is 2.75 bits per heavy atom. The van der Waals surface area contributed by atoms with Crippen molar-refractivity contribution in [2.75, 3.05) is 5.73 Å². The fourth-order valence-corrected chi connectivity index (χ4v) is 1.50. The van der Waals surface area contributed by atoms with Crippen LogP contribution in [0, 0.1) is 6.92 Å². The molecule has 1 aromatic heterocycles. The topological polar surface area (TPSA) is 43.8 Å². The van der Waals surface area contributed by atoms with Crippen LogP contribution in [0.4, 0.5) is 5.82 Å². The van der Waals surface area contributed by atoms with Crippen LogP contribution in [-0.2, 0) is 0 Å². The molecule has 1 rings (SSSR count). The Morgan fingerprint density at radius 1 is 1.67 bits per heavy atom. The van der Waals surface area contributed by atoms with Crippen LogP contribution >= 0.6 is 0 Å². The van der Waals surface area contributed by atoms with Crippen LogP contribution in [0.25, 0.3) is 0 Å². The number of anilines is 1. The first-order chi connectivity index (χ1) is 5.65. The Morgan fingerprint density at radius 2 is 2.33 bits per heavy atom. The highest BCUT2D eigenvalue weighted by molar-refractivity contribution is 5.28. The van der Waals surface area contributed by atoms with E-state index < -0.39 is 0 Å². The first-order valence-electron chi connectivity index (χ1n) is 4.46. The molecule has 1 aromatic rings. The van der Waals surface area contributed by atoms with Crippen LogP contribution in [0.3, 0.4) is 0 Å². The fourth-order valence-electron chi connectivity index (χ4n) is 1.50. The molecule has 0 saturated heterocycles. The molecule has 1 heterocycles. The molecule has 0 aliphatic carbocycles. The van der Waals surface area contributed by atoms with E-state index in [2.05, 4.69) is 18.9 Å². The predicted octanol–water partition coefficient (Wildman–Crippen LogP) is 2.13. The summed E-state index contributed by atoms with van der Waals surface area (Å²) in [6.07, 6.45) is 2.34. The quantitative estimate of drug-likeness (QED) is 0.749. The lowest BCUT2D eigenvalue weighted by molar-refractivity contribution is 0.447. The Bertz CT molecular complexity index is 252. The van der Waals surface area contributed by atoms with E-state index in [1.54, 1.807) is 0 Å². The fraction of sp³-hybridized carbons (Fsp3) is 0.667. The standard InChI is InChI=1S/C9H17N3/c1-4-5-7(2)12-8(3)6-9(10)11-12/h6-7H,4-5H2,1-3H3,(H2,10,11). The van der Waals surface area contributed by atoms with Crippen molar-refractivity contribution in [2.45, 2.75) is 39.7 Å². The van der Waals surface area contributed by atoms with E-state index >= 15 is 0 Å². The summed E-state index contributed by atoms with van der Waals surface area (Å²) in [5.74, 6) is 0.621. The minimum Gasteiger partial charge on any atom is -0.382 e. The highest BCUT2D eigenvalue weighted by Gasteiger charge is 2.07. The molecule has 0 saturated carbocycles. The zero-order valence-corrected chi connectivity index (χ0v) is 8.04. The summed E-state index contributed by atoms with van der Waals surface area (Å²) >= 11 is 0. The Kier molecular flexibility index (Phi) is 2.74. The predicted molar refractivity (Wildman–Crippen MR) is 51.0 cm³/mol. The third kappa shape index (κ3) is 1.78. The molecule has 1 atom stereocenters. The highest BCUT2D eigenvalue weighted by Crippen LogP contribution is 2.16. The van der Waals surface area contributed by atoms with Crippen molar-refractivity contribution in [1.29, 1.82) is 0 Å². The zero-order valence-electron chi connectivity index (χ0n) is 8.04. The summed E-state index contributed by atoms with van der Waals surface area (Å²) in [4.78, 5) is 0. The molecule has 0 radical (unpaired) electrons. The number of aryl methyl sites for hydroxylation is 1. The molecule has 3 heteroatoms. The molecular formula is C9H17N3. The van der Waals surface area contributed by atoms with Gasteiger partial charge in [-0.25, -0.2) is 0 Å². The molecule has 2 N–H and O–H groups in total. The van der Waals surface area contributed by atoms with Crippen molar-refractivity contribution < 1.29 is 0 Å². The monoisotopic (exact) mass is 167 g/mol. The van der Waals surface area contributed by atoms with Crippen LogP contribution in [0.5, 0.6) is 0 Å². The third-order valence-electron chi connectivity index (χ3n) is 2.07. The van der Waals surface area contributed by atoms with Gasteiger partial charge in [0.15, 0.2) is 0 Å². The van der Waals surface area contributed by atoms with Gasteiger partial charge in [0.1, 0.15) is 5.82 Å². The van der Waals surface area contributed by atoms with Crippen molar-refractivity contribution in [2.24, 2.45) is 0 Å². The summed E-state index contributed by atoms with van der Waals surface area (Å²) in [6.45, 7) is 6.39. The van der Waals surface area contributed by atoms with Crippen molar-refractivity contribution in [3.05, 3.63) is 11.8 Å². The molecule has 68 valence electrons. The van der Waals surface area contributed by atoms with Crippen molar-refractivity contribution in [3.8, 4) is 0 Å². The first kappa shape index (κ1) is 9.10. The molecule has 0 amide bonds. The zero-order chi connectivity index (χ0) is 9.14. The lowest BCUT2D eigenvalue weighted by Gasteiger charge is -2.12. The minimum atomic E-state index is 0.465. The van der Waals surface area contributed by atoms with Crippen LogP contribution in [0.1, 0.15) is 38.4 Å². The van der Waals surface area contributed by atoms with E-state index in [1.807, 2.05) is 17.7 Å². The molecule has 3 nitrogen and oxygen atoms in total. The largest absolute Gasteiger partial charge is 0.382 e. The smallest absolute Gasteiger partial charge is 0.145 e. The molecule has 0 spiro atoms. The second kappa shape index (κ2) is 3.61. The summed E-state index contributed by atoms with van der Waals surface area (Å²) in [7, 11) is 0. The van der Waals surface area contributed by atoms with E-state index in [-0.39, 0.29) is 0 Å². The van der Waals surface area contributed by atoms with Gasteiger partial charge in [0.05, 0.1) is 0 Å². The number of nitrogen functional groups attached to an aromatic ring is 1. The lowest BCUT2D eigenvalue weighted by atomic mass is 10.2. The number of aromatic nitrogens is 2. The van der Waals surface area contributed by atoms with Gasteiger partial charge in [0, 0.05) is 17.8 Å². The lowest BCUT2D eigenvalue weighted by Crippen LogP contribution is -2.08. The van der Waals surface area contributed by atoms with Gasteiger partial charge in [-0.15, -0.1) is 0 Å². The number of hydrogen-bond donors (Lipinski definition) is 1. The van der Waals surface area contributed by atoms with E-state index in [4.69, 9.17) is 5.73 Å². The molecule has 0 aliphatic rings. The maximum absolute atomic E-state index is 5.58. The van der Waals surface area contributed by atoms with Crippen molar-refractivity contribution in [1.82, 2.24) is 9.78 Å². The van der Waals surface area contributed by atoms with Crippen molar-refractivity contribution in [3.63, 3.8) is 0 Å². The minimum absolute atomic E-state index is 0.465. The number of hydrogen-bond acceptors (Lipinski definition) is 2. The molecule has 0 aromatic carbocycles. The van der Waals surface area contributed by atoms with E-state index in [0.717, 1.165) is 12.1 Å². The molecule has 0 bridgehead atoms. The van der Waals surface area contributed by atoms with Gasteiger partial charge in [-0.05, 0) is 20.3 Å². The van der Waals surface area contributed by atoms with E-state index in [9.17, 15) is 0 Å². The van der Waals surface area contributed by atoms with Crippen LogP contribution in [0.2, 0.25) is 0 Å². The van der Waals surface area contributed by atoms with Gasteiger partial charge in [-0.3, -0.25) is 4.68 Å². The van der Waals surface area contributed by atoms with Gasteiger partial charge in [0.2, 0.25) is 0 Å². The number of nitrogens with two attached hydrogens (primary N) is 1. The normalized spacial score (nSPS) is 13.2. The van der Waals surface area contributed by atoms with Crippen LogP contribution < -0.4 is 5.73 Å². The summed E-state index contributed by atoms with van der Waals surface area (Å²) in [5, 5.41) is 4.22. The average Bonchev–Trinajstić information content (AvgIpc) is 2.30. The Balaban J connectivity index is 2.79. The third-order valence-corrected chi connectivity index (χ3v) is 2.07. The van der Waals surface area contributed by atoms with Gasteiger partial charge in [-0.1, -0.05) is 13.3 Å². The summed E-state index contributed by atoms with van der Waals surface area (Å²) in [5.41, 5.74) is 6.73. The highest BCUT2D eigenvalue weighted by atomic mass is 15.3. The molecule has 1 unspecified atom stereocenters. The van der Waals surface area contributed by atoms with Crippen LogP contribution in [0.15, 0.2) is 6.07 Å². The SMILES string of the molecule is CCCC(C)n1nc(N)cc1C. The maximum atomic E-state index is 5.58. The number of nitrogens with zero attached hydrogens (tertiary/aromatic N) is 2.